The smallest absolute Gasteiger partial charge is 0.278 e. The van der Waals surface area contributed by atoms with Crippen molar-refractivity contribution in [2.45, 2.75) is 12.8 Å². The van der Waals surface area contributed by atoms with Gasteiger partial charge in [-0.1, -0.05) is 0 Å². The number of nitrogens with zero attached hydrogens (tertiary/aromatic N) is 2. The molecule has 0 unspecified atom stereocenters. The number of benzene rings is 1. The number of non-ortho nitro benzene ring substituents is 1. The lowest BCUT2D eigenvalue weighted by atomic mass is 10.00. The summed E-state index contributed by atoms with van der Waals surface area (Å²) in [5.74, 6) is 0.589. The van der Waals surface area contributed by atoms with E-state index in [0.717, 1.165) is 43.7 Å². The summed E-state index contributed by atoms with van der Waals surface area (Å²) >= 11 is 0. The van der Waals surface area contributed by atoms with Crippen molar-refractivity contribution in [2.75, 3.05) is 25.1 Å². The van der Waals surface area contributed by atoms with E-state index >= 15 is 0 Å². The number of nitro benzene ring substituents is 1. The van der Waals surface area contributed by atoms with Crippen molar-refractivity contribution in [1.29, 1.82) is 0 Å². The van der Waals surface area contributed by atoms with Crippen molar-refractivity contribution in [2.24, 2.45) is 5.92 Å². The van der Waals surface area contributed by atoms with E-state index in [9.17, 15) is 10.1 Å². The first-order valence-corrected chi connectivity index (χ1v) is 7.08. The highest BCUT2D eigenvalue weighted by atomic mass is 16.6. The Balaban J connectivity index is 1.85. The minimum Gasteiger partial charge on any atom is -0.384 e. The van der Waals surface area contributed by atoms with Gasteiger partial charge in [-0.05, 0) is 30.9 Å². The molecule has 1 saturated heterocycles. The minimum absolute atomic E-state index is 0.0923. The van der Waals surface area contributed by atoms with Gasteiger partial charge in [-0.15, -0.1) is 0 Å². The Morgan fingerprint density at radius 2 is 2.10 bits per heavy atom. The second-order valence-electron chi connectivity index (χ2n) is 5.25. The number of hydrogen-bond acceptors (Lipinski definition) is 5. The van der Waals surface area contributed by atoms with Crippen LogP contribution in [0.1, 0.15) is 12.8 Å². The van der Waals surface area contributed by atoms with Gasteiger partial charge in [0.2, 0.25) is 0 Å². The molecule has 1 N–H and O–H groups in total. The number of ether oxygens (including phenoxy) is 1. The van der Waals surface area contributed by atoms with Crippen LogP contribution in [0.4, 0.5) is 11.4 Å². The number of anilines is 1. The van der Waals surface area contributed by atoms with Crippen molar-refractivity contribution in [3.8, 4) is 0 Å². The Morgan fingerprint density at radius 1 is 1.29 bits per heavy atom. The second-order valence-corrected chi connectivity index (χ2v) is 5.25. The topological polar surface area (TPSA) is 77.3 Å². The van der Waals surface area contributed by atoms with Gasteiger partial charge in [0.05, 0.1) is 10.3 Å². The Bertz CT molecular complexity index is 654. The zero-order valence-electron chi connectivity index (χ0n) is 11.6. The van der Waals surface area contributed by atoms with Crippen LogP contribution in [0.25, 0.3) is 10.8 Å². The number of fused-ring (bicyclic) bond motifs is 1. The molecule has 1 aromatic heterocycles. The largest absolute Gasteiger partial charge is 0.384 e. The van der Waals surface area contributed by atoms with Crippen LogP contribution in [0, 0.1) is 16.0 Å². The van der Waals surface area contributed by atoms with Crippen molar-refractivity contribution >= 4 is 22.1 Å². The van der Waals surface area contributed by atoms with Gasteiger partial charge in [-0.25, -0.2) is 0 Å². The monoisotopic (exact) mass is 287 g/mol. The molecule has 0 bridgehead atoms. The van der Waals surface area contributed by atoms with Gasteiger partial charge in [0.15, 0.2) is 0 Å². The zero-order chi connectivity index (χ0) is 14.7. The van der Waals surface area contributed by atoms with Gasteiger partial charge < -0.3 is 10.1 Å². The molecule has 0 saturated carbocycles. The predicted octanol–water partition coefficient (Wildman–Crippen LogP) is 2.98. The molecule has 1 fully saturated rings. The van der Waals surface area contributed by atoms with Gasteiger partial charge in [0.25, 0.3) is 5.69 Å². The number of nitro groups is 1. The van der Waals surface area contributed by atoms with E-state index in [1.165, 1.54) is 6.07 Å². The molecule has 2 heterocycles. The van der Waals surface area contributed by atoms with Gasteiger partial charge in [0, 0.05) is 49.3 Å². The van der Waals surface area contributed by atoms with Crippen LogP contribution < -0.4 is 5.32 Å². The predicted molar refractivity (Wildman–Crippen MR) is 80.4 cm³/mol. The van der Waals surface area contributed by atoms with Gasteiger partial charge in [0.1, 0.15) is 0 Å². The third-order valence-corrected chi connectivity index (χ3v) is 3.91. The summed E-state index contributed by atoms with van der Waals surface area (Å²) in [6, 6.07) is 5.13. The lowest BCUT2D eigenvalue weighted by molar-refractivity contribution is -0.383. The van der Waals surface area contributed by atoms with Gasteiger partial charge in [-0.3, -0.25) is 15.1 Å². The molecule has 1 aliphatic heterocycles. The molecule has 0 atom stereocenters. The number of pyridine rings is 1. The quantitative estimate of drug-likeness (QED) is 0.691. The molecule has 0 radical (unpaired) electrons. The third kappa shape index (κ3) is 2.95. The van der Waals surface area contributed by atoms with Crippen LogP contribution in [0.5, 0.6) is 0 Å². The van der Waals surface area contributed by atoms with Crippen LogP contribution in [-0.2, 0) is 4.74 Å². The normalized spacial score (nSPS) is 16.0. The molecule has 0 aliphatic carbocycles. The first-order valence-electron chi connectivity index (χ1n) is 7.08. The van der Waals surface area contributed by atoms with Crippen LogP contribution >= 0.6 is 0 Å². The van der Waals surface area contributed by atoms with Gasteiger partial charge in [-0.2, -0.15) is 0 Å². The van der Waals surface area contributed by atoms with Crippen molar-refractivity contribution < 1.29 is 9.66 Å². The average Bonchev–Trinajstić information content (AvgIpc) is 2.53. The van der Waals surface area contributed by atoms with E-state index in [0.29, 0.717) is 11.3 Å². The summed E-state index contributed by atoms with van der Waals surface area (Å²) in [6.45, 7) is 2.49. The van der Waals surface area contributed by atoms with Crippen LogP contribution in [0.2, 0.25) is 0 Å². The molecule has 6 heteroatoms. The number of aromatic nitrogens is 1. The lowest BCUT2D eigenvalue weighted by Crippen LogP contribution is -2.22. The third-order valence-electron chi connectivity index (χ3n) is 3.91. The molecule has 0 amide bonds. The van der Waals surface area contributed by atoms with E-state index in [-0.39, 0.29) is 10.6 Å². The summed E-state index contributed by atoms with van der Waals surface area (Å²) in [4.78, 5) is 14.7. The van der Waals surface area contributed by atoms with E-state index in [1.807, 2.05) is 6.07 Å². The summed E-state index contributed by atoms with van der Waals surface area (Å²) in [7, 11) is 0. The first-order chi connectivity index (χ1) is 10.3. The fourth-order valence-corrected chi connectivity index (χ4v) is 2.69. The number of nitrogens with one attached hydrogen (secondary N) is 1. The molecular formula is C15H17N3O3. The highest BCUT2D eigenvalue weighted by Gasteiger charge is 2.16. The van der Waals surface area contributed by atoms with E-state index in [2.05, 4.69) is 10.3 Å². The number of rotatable bonds is 4. The maximum atomic E-state index is 11.1. The molecule has 0 spiro atoms. The molecule has 1 aliphatic rings. The van der Waals surface area contributed by atoms with Crippen molar-refractivity contribution in [3.05, 3.63) is 40.7 Å². The van der Waals surface area contributed by atoms with Crippen molar-refractivity contribution in [1.82, 2.24) is 4.98 Å². The molecule has 2 aromatic rings. The summed E-state index contributed by atoms with van der Waals surface area (Å²) < 4.78 is 5.35. The maximum Gasteiger partial charge on any atom is 0.278 e. The fourth-order valence-electron chi connectivity index (χ4n) is 2.69. The lowest BCUT2D eigenvalue weighted by Gasteiger charge is -2.23. The average molecular weight is 287 g/mol. The second kappa shape index (κ2) is 6.05. The van der Waals surface area contributed by atoms with E-state index in [4.69, 9.17) is 4.74 Å². The summed E-state index contributed by atoms with van der Waals surface area (Å²) in [5, 5.41) is 15.9. The first kappa shape index (κ1) is 13.8. The van der Waals surface area contributed by atoms with Gasteiger partial charge >= 0.3 is 0 Å². The molecule has 110 valence electrons. The highest BCUT2D eigenvalue weighted by Crippen LogP contribution is 2.31. The minimum atomic E-state index is -0.369. The SMILES string of the molecule is O=[N+]([O-])c1ccc(NCC2CCOCC2)c2ccncc12. The number of hydrogen-bond donors (Lipinski definition) is 1. The fraction of sp³-hybridized carbons (Fsp3) is 0.400. The highest BCUT2D eigenvalue weighted by molar-refractivity contribution is 5.99. The van der Waals surface area contributed by atoms with Crippen molar-refractivity contribution in [3.63, 3.8) is 0 Å². The van der Waals surface area contributed by atoms with E-state index in [1.54, 1.807) is 18.5 Å². The maximum absolute atomic E-state index is 11.1. The standard InChI is InChI=1S/C15H17N3O3/c19-18(20)15-2-1-14(12-3-6-16-10-13(12)15)17-9-11-4-7-21-8-5-11/h1-3,6,10-11,17H,4-5,7-9H2. The molecular weight excluding hydrogens is 270 g/mol. The Hall–Kier alpha value is -2.21. The molecule has 3 rings (SSSR count). The van der Waals surface area contributed by atoms with E-state index < -0.39 is 0 Å². The Morgan fingerprint density at radius 3 is 2.86 bits per heavy atom. The Labute approximate surface area is 122 Å². The van der Waals surface area contributed by atoms with Crippen LogP contribution in [-0.4, -0.2) is 29.7 Å². The van der Waals surface area contributed by atoms with Crippen LogP contribution in [0.3, 0.4) is 0 Å². The molecule has 1 aromatic carbocycles. The summed E-state index contributed by atoms with van der Waals surface area (Å²) in [6.07, 6.45) is 5.32. The zero-order valence-corrected chi connectivity index (χ0v) is 11.6. The van der Waals surface area contributed by atoms with Crippen LogP contribution in [0.15, 0.2) is 30.6 Å². The Kier molecular flexibility index (Phi) is 3.96. The molecule has 6 nitrogen and oxygen atoms in total. The summed E-state index contributed by atoms with van der Waals surface area (Å²) in [5.41, 5.74) is 1.01. The molecule has 21 heavy (non-hydrogen) atoms.